The van der Waals surface area contributed by atoms with E-state index in [0.29, 0.717) is 27.6 Å². The van der Waals surface area contributed by atoms with Gasteiger partial charge in [-0.25, -0.2) is 9.78 Å². The summed E-state index contributed by atoms with van der Waals surface area (Å²) in [6, 6.07) is 7.65. The molecule has 3 rings (SSSR count). The van der Waals surface area contributed by atoms with Crippen LogP contribution in [0, 0.1) is 10.1 Å². The zero-order valence-corrected chi connectivity index (χ0v) is 19.7. The molecule has 0 unspecified atom stereocenters. The number of unbranched alkanes of at least 4 members (excludes halogenated alkanes) is 1. The van der Waals surface area contributed by atoms with Gasteiger partial charge < -0.3 is 9.84 Å². The van der Waals surface area contributed by atoms with Crippen molar-refractivity contribution in [2.75, 3.05) is 6.61 Å². The Kier molecular flexibility index (Phi) is 7.77. The van der Waals surface area contributed by atoms with Gasteiger partial charge in [0.15, 0.2) is 6.61 Å². The molecule has 33 heavy (non-hydrogen) atoms. The van der Waals surface area contributed by atoms with Gasteiger partial charge >= 0.3 is 11.7 Å². The minimum atomic E-state index is -1.31. The third-order valence-corrected chi connectivity index (χ3v) is 5.31. The average molecular weight is 538 g/mol. The molecule has 172 valence electrons. The zero-order chi connectivity index (χ0) is 24.1. The number of hydrogen-bond donors (Lipinski definition) is 1. The summed E-state index contributed by atoms with van der Waals surface area (Å²) in [6.07, 6.45) is 3.44. The van der Waals surface area contributed by atoms with Gasteiger partial charge in [-0.1, -0.05) is 40.9 Å². The molecule has 10 nitrogen and oxygen atoms in total. The molecule has 1 N–H and O–H groups in total. The van der Waals surface area contributed by atoms with Crippen molar-refractivity contribution >= 4 is 56.3 Å². The van der Waals surface area contributed by atoms with E-state index in [1.807, 2.05) is 6.92 Å². The van der Waals surface area contributed by atoms with Crippen LogP contribution in [0.1, 0.15) is 31.2 Å². The van der Waals surface area contributed by atoms with Crippen molar-refractivity contribution in [3.8, 4) is 5.75 Å². The first-order valence-electron chi connectivity index (χ1n) is 9.79. The predicted octanol–water partition coefficient (Wildman–Crippen LogP) is 4.41. The van der Waals surface area contributed by atoms with Gasteiger partial charge in [-0.2, -0.15) is 9.78 Å². The normalized spacial score (nSPS) is 11.2. The first kappa shape index (κ1) is 24.3. The molecular formula is C21H18BrClN4O6. The lowest BCUT2D eigenvalue weighted by Gasteiger charge is -2.10. The van der Waals surface area contributed by atoms with Crippen molar-refractivity contribution in [3.05, 3.63) is 71.7 Å². The third-order valence-electron chi connectivity index (χ3n) is 4.53. The van der Waals surface area contributed by atoms with Gasteiger partial charge in [-0.3, -0.25) is 14.9 Å². The molecule has 0 atom stereocenters. The minimum Gasteiger partial charge on any atom is -0.479 e. The van der Waals surface area contributed by atoms with E-state index in [1.54, 1.807) is 18.2 Å². The Bertz CT molecular complexity index is 1320. The van der Waals surface area contributed by atoms with Crippen LogP contribution in [0.25, 0.3) is 10.9 Å². The molecule has 2 aromatic carbocycles. The number of carboxylic acid groups (broad SMARTS) is 1. The van der Waals surface area contributed by atoms with E-state index in [-0.39, 0.29) is 21.9 Å². The first-order chi connectivity index (χ1) is 15.7. The average Bonchev–Trinajstić information content (AvgIpc) is 2.76. The zero-order valence-electron chi connectivity index (χ0n) is 17.3. The number of nitro groups is 1. The highest BCUT2D eigenvalue weighted by Gasteiger charge is 2.21. The molecule has 0 spiro atoms. The van der Waals surface area contributed by atoms with Gasteiger partial charge in [0.25, 0.3) is 5.56 Å². The Morgan fingerprint density at radius 3 is 2.82 bits per heavy atom. The number of benzene rings is 2. The van der Waals surface area contributed by atoms with Crippen molar-refractivity contribution < 1.29 is 19.6 Å². The van der Waals surface area contributed by atoms with Crippen LogP contribution in [0.15, 0.2) is 44.7 Å². The van der Waals surface area contributed by atoms with Gasteiger partial charge in [-0.05, 0) is 30.7 Å². The van der Waals surface area contributed by atoms with E-state index >= 15 is 0 Å². The van der Waals surface area contributed by atoms with E-state index < -0.39 is 23.2 Å². The first-order valence-corrected chi connectivity index (χ1v) is 11.0. The molecule has 0 bridgehead atoms. The van der Waals surface area contributed by atoms with E-state index in [2.05, 4.69) is 26.0 Å². The standard InChI is InChI=1S/C21H18BrClN4O6/c1-2-3-4-18-25-16-6-5-13(22)9-14(16)21(30)26(18)24-10-12-7-15(23)20(33-11-19(28)29)17(8-12)27(31)32/h5-10H,2-4,11H2,1H3,(H,28,29). The number of nitro benzene ring substituents is 1. The second-order valence-corrected chi connectivity index (χ2v) is 8.27. The molecule has 0 fully saturated rings. The fourth-order valence-corrected chi connectivity index (χ4v) is 3.66. The minimum absolute atomic E-state index is 0.161. The van der Waals surface area contributed by atoms with Crippen molar-refractivity contribution in [3.63, 3.8) is 0 Å². The van der Waals surface area contributed by atoms with Crippen LogP contribution in [-0.2, 0) is 11.2 Å². The number of aromatic nitrogens is 2. The van der Waals surface area contributed by atoms with E-state index in [4.69, 9.17) is 21.4 Å². The molecule has 1 heterocycles. The molecule has 0 aliphatic carbocycles. The Balaban J connectivity index is 2.09. The highest BCUT2D eigenvalue weighted by molar-refractivity contribution is 9.10. The number of hydrogen-bond acceptors (Lipinski definition) is 7. The van der Waals surface area contributed by atoms with Crippen LogP contribution in [-0.4, -0.2) is 38.5 Å². The molecule has 0 amide bonds. The fraction of sp³-hybridized carbons (Fsp3) is 0.238. The van der Waals surface area contributed by atoms with Crippen molar-refractivity contribution in [1.82, 2.24) is 9.66 Å². The van der Waals surface area contributed by atoms with Crippen LogP contribution >= 0.6 is 27.5 Å². The van der Waals surface area contributed by atoms with E-state index in [1.165, 1.54) is 17.0 Å². The molecule has 0 aliphatic heterocycles. The molecular weight excluding hydrogens is 520 g/mol. The van der Waals surface area contributed by atoms with Gasteiger partial charge in [0.05, 0.1) is 27.1 Å². The molecule has 0 radical (unpaired) electrons. The van der Waals surface area contributed by atoms with Crippen LogP contribution < -0.4 is 10.3 Å². The molecule has 12 heteroatoms. The van der Waals surface area contributed by atoms with Gasteiger partial charge in [-0.15, -0.1) is 0 Å². The van der Waals surface area contributed by atoms with Crippen molar-refractivity contribution in [1.29, 1.82) is 0 Å². The second kappa shape index (κ2) is 10.5. The summed E-state index contributed by atoms with van der Waals surface area (Å²) in [5, 5.41) is 24.7. The van der Waals surface area contributed by atoms with Crippen LogP contribution in [0.5, 0.6) is 5.75 Å². The SMILES string of the molecule is CCCCc1nc2ccc(Br)cc2c(=O)n1N=Cc1cc(Cl)c(OCC(=O)O)c([N+](=O)[O-])c1. The maximum absolute atomic E-state index is 13.1. The van der Waals surface area contributed by atoms with Crippen molar-refractivity contribution in [2.24, 2.45) is 5.10 Å². The number of fused-ring (bicyclic) bond motifs is 1. The Morgan fingerprint density at radius 1 is 1.39 bits per heavy atom. The number of aryl methyl sites for hydroxylation is 1. The molecule has 0 aliphatic rings. The fourth-order valence-electron chi connectivity index (χ4n) is 3.02. The summed E-state index contributed by atoms with van der Waals surface area (Å²) in [6.45, 7) is 1.22. The number of ether oxygens (including phenoxy) is 1. The predicted molar refractivity (Wildman–Crippen MR) is 127 cm³/mol. The van der Waals surface area contributed by atoms with Gasteiger partial charge in [0.2, 0.25) is 5.75 Å². The number of aliphatic carboxylic acids is 1. The van der Waals surface area contributed by atoms with E-state index in [0.717, 1.165) is 18.9 Å². The number of rotatable bonds is 9. The second-order valence-electron chi connectivity index (χ2n) is 6.95. The lowest BCUT2D eigenvalue weighted by atomic mass is 10.2. The Labute approximate surface area is 200 Å². The van der Waals surface area contributed by atoms with Gasteiger partial charge in [0, 0.05) is 22.5 Å². The number of halogens is 2. The summed E-state index contributed by atoms with van der Waals surface area (Å²) in [4.78, 5) is 39.1. The quantitative estimate of drug-likeness (QED) is 0.242. The summed E-state index contributed by atoms with van der Waals surface area (Å²) in [7, 11) is 0. The highest BCUT2D eigenvalue weighted by Crippen LogP contribution is 2.35. The largest absolute Gasteiger partial charge is 0.479 e. The van der Waals surface area contributed by atoms with E-state index in [9.17, 15) is 19.7 Å². The Morgan fingerprint density at radius 2 is 2.15 bits per heavy atom. The van der Waals surface area contributed by atoms with Crippen LogP contribution in [0.2, 0.25) is 5.02 Å². The summed E-state index contributed by atoms with van der Waals surface area (Å²) in [5.74, 6) is -1.21. The highest BCUT2D eigenvalue weighted by atomic mass is 79.9. The third kappa shape index (κ3) is 5.74. The van der Waals surface area contributed by atoms with Gasteiger partial charge in [0.1, 0.15) is 5.82 Å². The number of nitrogens with zero attached hydrogens (tertiary/aromatic N) is 4. The lowest BCUT2D eigenvalue weighted by molar-refractivity contribution is -0.385. The monoisotopic (exact) mass is 536 g/mol. The summed E-state index contributed by atoms with van der Waals surface area (Å²) in [5.41, 5.74) is -0.147. The number of carboxylic acids is 1. The lowest BCUT2D eigenvalue weighted by Crippen LogP contribution is -2.22. The maximum atomic E-state index is 13.1. The molecule has 3 aromatic rings. The molecule has 0 saturated carbocycles. The number of carbonyl (C=O) groups is 1. The van der Waals surface area contributed by atoms with Crippen LogP contribution in [0.4, 0.5) is 5.69 Å². The van der Waals surface area contributed by atoms with Crippen molar-refractivity contribution in [2.45, 2.75) is 26.2 Å². The Hall–Kier alpha value is -3.31. The van der Waals surface area contributed by atoms with Crippen LogP contribution in [0.3, 0.4) is 0 Å². The molecule has 1 aromatic heterocycles. The smallest absolute Gasteiger partial charge is 0.341 e. The maximum Gasteiger partial charge on any atom is 0.341 e. The topological polar surface area (TPSA) is 137 Å². The summed E-state index contributed by atoms with van der Waals surface area (Å²) >= 11 is 9.44. The summed E-state index contributed by atoms with van der Waals surface area (Å²) < 4.78 is 6.84. The molecule has 0 saturated heterocycles.